The van der Waals surface area contributed by atoms with Crippen LogP contribution in [-0.2, 0) is 11.3 Å². The molecule has 0 saturated carbocycles. The fourth-order valence-electron chi connectivity index (χ4n) is 4.66. The maximum absolute atomic E-state index is 12.8. The zero-order valence-electron chi connectivity index (χ0n) is 20.9. The van der Waals surface area contributed by atoms with E-state index in [1.54, 1.807) is 0 Å². The number of piperazine rings is 1. The fraction of sp³-hybridized carbons (Fsp3) is 0.417. The van der Waals surface area contributed by atoms with Crippen molar-refractivity contribution in [3.8, 4) is 11.5 Å². The van der Waals surface area contributed by atoms with Gasteiger partial charge in [-0.2, -0.15) is 4.99 Å². The summed E-state index contributed by atoms with van der Waals surface area (Å²) in [5.41, 5.74) is 6.43. The minimum Gasteiger partial charge on any atom is -0.491 e. The molecule has 5 N–H and O–H groups in total. The van der Waals surface area contributed by atoms with Gasteiger partial charge in [0, 0.05) is 57.0 Å². The van der Waals surface area contributed by atoms with E-state index in [1.807, 2.05) is 21.6 Å². The van der Waals surface area contributed by atoms with Crippen LogP contribution in [0, 0.1) is 0 Å². The van der Waals surface area contributed by atoms with Crippen LogP contribution in [0.2, 0.25) is 0 Å². The molecule has 1 atom stereocenters. The highest BCUT2D eigenvalue weighted by molar-refractivity contribution is 5.96. The summed E-state index contributed by atoms with van der Waals surface area (Å²) in [6.45, 7) is 4.07. The van der Waals surface area contributed by atoms with Crippen LogP contribution in [0.15, 0.2) is 29.5 Å². The molecule has 2 aliphatic rings. The highest BCUT2D eigenvalue weighted by atomic mass is 16.5. The molecular formula is C24H29N9O5. The second kappa shape index (κ2) is 11.0. The normalized spacial score (nSPS) is 17.7. The Labute approximate surface area is 217 Å². The van der Waals surface area contributed by atoms with Crippen molar-refractivity contribution in [2.75, 3.05) is 57.5 Å². The van der Waals surface area contributed by atoms with Crippen LogP contribution >= 0.6 is 0 Å². The van der Waals surface area contributed by atoms with E-state index in [4.69, 9.17) is 15.2 Å². The Hall–Kier alpha value is -4.30. The summed E-state index contributed by atoms with van der Waals surface area (Å²) < 4.78 is 13.6. The van der Waals surface area contributed by atoms with Crippen LogP contribution in [0.3, 0.4) is 0 Å². The van der Waals surface area contributed by atoms with Crippen molar-refractivity contribution >= 4 is 34.5 Å². The molecule has 2 aliphatic heterocycles. The molecule has 0 aliphatic carbocycles. The molecule has 1 saturated heterocycles. The number of nitrogen functional groups attached to an aromatic ring is 1. The summed E-state index contributed by atoms with van der Waals surface area (Å²) in [4.78, 5) is 42.9. The zero-order chi connectivity index (χ0) is 26.6. The van der Waals surface area contributed by atoms with E-state index in [0.29, 0.717) is 62.8 Å². The third-order valence-electron chi connectivity index (χ3n) is 6.51. The molecule has 5 rings (SSSR count). The molecule has 0 radical (unpaired) electrons. The lowest BCUT2D eigenvalue weighted by molar-refractivity contribution is -0.144. The van der Waals surface area contributed by atoms with E-state index in [9.17, 15) is 14.7 Å². The average Bonchev–Trinajstić information content (AvgIpc) is 3.42. The second-order valence-corrected chi connectivity index (χ2v) is 8.87. The molecule has 38 heavy (non-hydrogen) atoms. The molecule has 4 heterocycles. The quantitative estimate of drug-likeness (QED) is 0.284. The number of benzene rings is 1. The molecular weight excluding hydrogens is 494 g/mol. The zero-order valence-corrected chi connectivity index (χ0v) is 20.9. The lowest BCUT2D eigenvalue weighted by Gasteiger charge is -2.33. The first-order chi connectivity index (χ1) is 18.5. The molecule has 14 heteroatoms. The Bertz CT molecular complexity index is 1420. The van der Waals surface area contributed by atoms with Gasteiger partial charge in [-0.25, -0.2) is 15.0 Å². The summed E-state index contributed by atoms with van der Waals surface area (Å²) in [5, 5.41) is 16.7. The number of hydrogen-bond donors (Lipinski definition) is 4. The van der Waals surface area contributed by atoms with Crippen LogP contribution in [0.5, 0.6) is 11.5 Å². The van der Waals surface area contributed by atoms with Gasteiger partial charge < -0.3 is 30.9 Å². The molecule has 1 aromatic carbocycles. The van der Waals surface area contributed by atoms with Gasteiger partial charge in [-0.15, -0.1) is 0 Å². The first-order valence-corrected chi connectivity index (χ1v) is 12.3. The number of methoxy groups -OCH3 is 1. The van der Waals surface area contributed by atoms with Crippen LogP contribution in [-0.4, -0.2) is 93.9 Å². The van der Waals surface area contributed by atoms with Crippen LogP contribution < -0.4 is 31.5 Å². The van der Waals surface area contributed by atoms with Gasteiger partial charge in [0.2, 0.25) is 11.6 Å². The average molecular weight is 524 g/mol. The maximum atomic E-state index is 12.8. The molecule has 1 amide bonds. The lowest BCUT2D eigenvalue weighted by Crippen LogP contribution is -2.55. The molecule has 14 nitrogen and oxygen atoms in total. The van der Waals surface area contributed by atoms with Gasteiger partial charge in [0.1, 0.15) is 17.4 Å². The molecule has 2 aromatic heterocycles. The minimum absolute atomic E-state index is 0.0664. The predicted molar refractivity (Wildman–Crippen MR) is 137 cm³/mol. The molecule has 3 aromatic rings. The summed E-state index contributed by atoms with van der Waals surface area (Å²) in [5.74, 6) is 0.384. The summed E-state index contributed by atoms with van der Waals surface area (Å²) in [7, 11) is 1.53. The topological polar surface area (TPSA) is 182 Å². The first kappa shape index (κ1) is 25.4. The first-order valence-electron chi connectivity index (χ1n) is 12.3. The van der Waals surface area contributed by atoms with Crippen molar-refractivity contribution in [2.24, 2.45) is 4.99 Å². The number of carboxylic acid groups (broad SMARTS) is 1. The molecule has 0 spiro atoms. The number of carboxylic acids is 1. The van der Waals surface area contributed by atoms with Crippen molar-refractivity contribution < 1.29 is 24.2 Å². The maximum Gasteiger partial charge on any atom is 0.322 e. The van der Waals surface area contributed by atoms with Gasteiger partial charge in [-0.1, -0.05) is 0 Å². The minimum atomic E-state index is -0.831. The number of anilines is 2. The number of aliphatic carboxylic acids is 1. The Morgan fingerprint density at radius 2 is 2.05 bits per heavy atom. The van der Waals surface area contributed by atoms with E-state index in [1.165, 1.54) is 19.5 Å². The van der Waals surface area contributed by atoms with E-state index in [2.05, 4.69) is 30.6 Å². The van der Waals surface area contributed by atoms with E-state index in [0.717, 1.165) is 17.7 Å². The number of carbonyl (C=O) groups excluding carboxylic acids is 1. The van der Waals surface area contributed by atoms with Crippen molar-refractivity contribution in [1.29, 1.82) is 0 Å². The fourth-order valence-corrected chi connectivity index (χ4v) is 4.66. The second-order valence-electron chi connectivity index (χ2n) is 8.87. The molecule has 1 fully saturated rings. The molecule has 0 bridgehead atoms. The SMILES string of the molecule is COc1c(OCCCN2CCNCC2C(=O)O)ccc2c3n(c(=NC(=O)c4cnc(N)nc4)nc12)CCN3. The number of amides is 1. The van der Waals surface area contributed by atoms with Gasteiger partial charge in [-0.3, -0.25) is 19.1 Å². The van der Waals surface area contributed by atoms with E-state index >= 15 is 0 Å². The standard InChI is InChI=1S/C24H29N9O5/c1-37-19-17(38-10-2-7-32-8-5-26-13-16(32)22(35)36)4-3-15-18(19)30-24(33-9-6-27-20(15)33)31-21(34)14-11-28-23(25)29-12-14/h3-4,11-12,16,26-27H,2,5-10,13H2,1H3,(H,35,36)(H2,25,28,29). The number of nitrogens with one attached hydrogen (secondary N) is 2. The summed E-state index contributed by atoms with van der Waals surface area (Å²) in [6.07, 6.45) is 3.28. The summed E-state index contributed by atoms with van der Waals surface area (Å²) >= 11 is 0. The number of nitrogens with two attached hydrogens (primary N) is 1. The Morgan fingerprint density at radius 3 is 2.82 bits per heavy atom. The van der Waals surface area contributed by atoms with Crippen molar-refractivity contribution in [1.82, 2.24) is 29.7 Å². The van der Waals surface area contributed by atoms with Crippen LogP contribution in [0.25, 0.3) is 10.9 Å². The lowest BCUT2D eigenvalue weighted by atomic mass is 10.2. The van der Waals surface area contributed by atoms with Crippen molar-refractivity contribution in [3.05, 3.63) is 35.7 Å². The predicted octanol–water partition coefficient (Wildman–Crippen LogP) is -0.289. The Kier molecular flexibility index (Phi) is 7.33. The van der Waals surface area contributed by atoms with Gasteiger partial charge in [0.15, 0.2) is 11.5 Å². The highest BCUT2D eigenvalue weighted by Gasteiger charge is 2.27. The number of fused-ring (bicyclic) bond motifs is 3. The summed E-state index contributed by atoms with van der Waals surface area (Å²) in [6, 6.07) is 3.17. The largest absolute Gasteiger partial charge is 0.491 e. The number of ether oxygens (including phenoxy) is 2. The van der Waals surface area contributed by atoms with Gasteiger partial charge in [0.25, 0.3) is 5.91 Å². The Morgan fingerprint density at radius 1 is 1.24 bits per heavy atom. The third-order valence-corrected chi connectivity index (χ3v) is 6.51. The molecule has 1 unspecified atom stereocenters. The Balaban J connectivity index is 1.40. The number of carbonyl (C=O) groups is 2. The van der Waals surface area contributed by atoms with Crippen molar-refractivity contribution in [3.63, 3.8) is 0 Å². The van der Waals surface area contributed by atoms with Crippen molar-refractivity contribution in [2.45, 2.75) is 19.0 Å². The van der Waals surface area contributed by atoms with E-state index in [-0.39, 0.29) is 17.1 Å². The monoisotopic (exact) mass is 523 g/mol. The van der Waals surface area contributed by atoms with Gasteiger partial charge >= 0.3 is 5.97 Å². The van der Waals surface area contributed by atoms with Crippen LogP contribution in [0.1, 0.15) is 16.8 Å². The van der Waals surface area contributed by atoms with Gasteiger partial charge in [0.05, 0.1) is 19.3 Å². The van der Waals surface area contributed by atoms with Crippen LogP contribution in [0.4, 0.5) is 11.8 Å². The van der Waals surface area contributed by atoms with E-state index < -0.39 is 17.9 Å². The molecule has 200 valence electrons. The third kappa shape index (κ3) is 5.08. The smallest absolute Gasteiger partial charge is 0.322 e. The number of nitrogens with zero attached hydrogens (tertiary/aromatic N) is 6. The number of aromatic nitrogens is 4. The van der Waals surface area contributed by atoms with Gasteiger partial charge in [-0.05, 0) is 18.6 Å². The number of rotatable bonds is 8. The highest BCUT2D eigenvalue weighted by Crippen LogP contribution is 2.37. The number of hydrogen-bond acceptors (Lipinski definition) is 11.